The fraction of sp³-hybridized carbons (Fsp3) is 0.667. The molecule has 0 radical (unpaired) electrons. The molecule has 3 fully saturated rings. The fourth-order valence-electron chi connectivity index (χ4n) is 4.81. The second-order valence-corrected chi connectivity index (χ2v) is 11.7. The lowest BCUT2D eigenvalue weighted by atomic mass is 9.96. The molecule has 1 aromatic carbocycles. The molecule has 3 saturated heterocycles. The van der Waals surface area contributed by atoms with Crippen LogP contribution in [0.1, 0.15) is 39.5 Å². The lowest BCUT2D eigenvalue weighted by Crippen LogP contribution is -2.60. The predicted molar refractivity (Wildman–Crippen MR) is 120 cm³/mol. The summed E-state index contributed by atoms with van der Waals surface area (Å²) in [4.78, 5) is 15.3. The Morgan fingerprint density at radius 3 is 2.52 bits per heavy atom. The van der Waals surface area contributed by atoms with Crippen molar-refractivity contribution in [3.8, 4) is 0 Å². The van der Waals surface area contributed by atoms with Crippen molar-refractivity contribution in [2.45, 2.75) is 62.2 Å². The minimum atomic E-state index is -3.70. The van der Waals surface area contributed by atoms with Gasteiger partial charge in [0.1, 0.15) is 0 Å². The van der Waals surface area contributed by atoms with Crippen molar-refractivity contribution in [2.75, 3.05) is 26.2 Å². The van der Waals surface area contributed by atoms with Gasteiger partial charge in [0.05, 0.1) is 32.7 Å². The van der Waals surface area contributed by atoms with Gasteiger partial charge >= 0.3 is 0 Å². The quantitative estimate of drug-likeness (QED) is 0.687. The van der Waals surface area contributed by atoms with Crippen LogP contribution in [0.25, 0.3) is 0 Å². The van der Waals surface area contributed by atoms with Gasteiger partial charge in [-0.05, 0) is 49.8 Å². The third-order valence-electron chi connectivity index (χ3n) is 6.63. The van der Waals surface area contributed by atoms with Crippen LogP contribution in [0, 0.1) is 5.92 Å². The molecular formula is C21H29Cl2N3O4S. The Morgan fingerprint density at radius 1 is 1.23 bits per heavy atom. The molecule has 1 aromatic rings. The first-order valence-electron chi connectivity index (χ1n) is 10.8. The highest BCUT2D eigenvalue weighted by Gasteiger charge is 2.53. The maximum atomic E-state index is 13.2. The normalized spacial score (nSPS) is 27.0. The number of nitrogens with one attached hydrogen (secondary N) is 1. The molecule has 7 nitrogen and oxygen atoms in total. The van der Waals surface area contributed by atoms with Gasteiger partial charge in [-0.3, -0.25) is 10.1 Å². The number of piperidine rings is 1. The van der Waals surface area contributed by atoms with Gasteiger partial charge in [0.15, 0.2) is 0 Å². The summed E-state index contributed by atoms with van der Waals surface area (Å²) in [7, 11) is -3.70. The SMILES string of the molecule is CC(C)[C@@H]1NC2(CCN(S(=O)(=O)c3ccc(Cl)c(Cl)c3)CC2)N(C[C@H]2CCCO2)C1=O. The van der Waals surface area contributed by atoms with Gasteiger partial charge in [0.2, 0.25) is 15.9 Å². The van der Waals surface area contributed by atoms with Gasteiger partial charge in [0.25, 0.3) is 0 Å². The number of amides is 1. The Balaban J connectivity index is 1.53. The molecule has 10 heteroatoms. The van der Waals surface area contributed by atoms with E-state index in [2.05, 4.69) is 5.32 Å². The third kappa shape index (κ3) is 4.35. The molecule has 0 unspecified atom stereocenters. The van der Waals surface area contributed by atoms with E-state index in [1.54, 1.807) is 0 Å². The van der Waals surface area contributed by atoms with Gasteiger partial charge in [-0.15, -0.1) is 0 Å². The minimum Gasteiger partial charge on any atom is -0.376 e. The van der Waals surface area contributed by atoms with Crippen molar-refractivity contribution < 1.29 is 17.9 Å². The van der Waals surface area contributed by atoms with Gasteiger partial charge < -0.3 is 9.64 Å². The number of carbonyl (C=O) groups excluding carboxylic acids is 1. The number of carbonyl (C=O) groups is 1. The van der Waals surface area contributed by atoms with Crippen LogP contribution in [0.15, 0.2) is 23.1 Å². The van der Waals surface area contributed by atoms with Crippen LogP contribution in [-0.4, -0.2) is 67.6 Å². The van der Waals surface area contributed by atoms with E-state index in [0.717, 1.165) is 19.4 Å². The van der Waals surface area contributed by atoms with E-state index < -0.39 is 15.7 Å². The first-order valence-corrected chi connectivity index (χ1v) is 13.0. The van der Waals surface area contributed by atoms with Gasteiger partial charge in [-0.1, -0.05) is 37.0 Å². The average Bonchev–Trinajstić information content (AvgIpc) is 3.33. The smallest absolute Gasteiger partial charge is 0.243 e. The van der Waals surface area contributed by atoms with Crippen LogP contribution in [0.2, 0.25) is 10.0 Å². The summed E-state index contributed by atoms with van der Waals surface area (Å²) in [6, 6.07) is 4.10. The monoisotopic (exact) mass is 489 g/mol. The molecular weight excluding hydrogens is 461 g/mol. The summed E-state index contributed by atoms with van der Waals surface area (Å²) in [6.45, 7) is 5.97. The standard InChI is InChI=1S/C21H29Cl2N3O4S/c1-14(2)19-20(27)26(13-15-4-3-11-30-15)21(24-19)7-9-25(10-8-21)31(28,29)16-5-6-17(22)18(23)12-16/h5-6,12,14-15,19,24H,3-4,7-11,13H2,1-2H3/t15-,19+/m1/s1. The summed E-state index contributed by atoms with van der Waals surface area (Å²) in [6.07, 6.45) is 3.05. The molecule has 0 aliphatic carbocycles. The van der Waals surface area contributed by atoms with E-state index in [-0.39, 0.29) is 33.9 Å². The van der Waals surface area contributed by atoms with Crippen LogP contribution in [-0.2, 0) is 19.6 Å². The lowest BCUT2D eigenvalue weighted by molar-refractivity contribution is -0.135. The number of ether oxygens (including phenoxy) is 1. The lowest BCUT2D eigenvalue weighted by Gasteiger charge is -2.44. The maximum absolute atomic E-state index is 13.2. The van der Waals surface area contributed by atoms with E-state index in [1.807, 2.05) is 18.7 Å². The van der Waals surface area contributed by atoms with Crippen molar-refractivity contribution >= 4 is 39.1 Å². The molecule has 31 heavy (non-hydrogen) atoms. The summed E-state index contributed by atoms with van der Waals surface area (Å²) in [5, 5.41) is 4.09. The molecule has 172 valence electrons. The van der Waals surface area contributed by atoms with E-state index in [1.165, 1.54) is 22.5 Å². The molecule has 3 heterocycles. The van der Waals surface area contributed by atoms with Crippen LogP contribution in [0.5, 0.6) is 0 Å². The molecule has 3 aliphatic heterocycles. The first kappa shape index (κ1) is 23.3. The predicted octanol–water partition coefficient (Wildman–Crippen LogP) is 3.11. The highest BCUT2D eigenvalue weighted by Crippen LogP contribution is 2.37. The summed E-state index contributed by atoms with van der Waals surface area (Å²) in [5.41, 5.74) is -0.540. The zero-order chi connectivity index (χ0) is 22.4. The fourth-order valence-corrected chi connectivity index (χ4v) is 6.64. The highest BCUT2D eigenvalue weighted by atomic mass is 35.5. The van der Waals surface area contributed by atoms with Gasteiger partial charge in [-0.25, -0.2) is 8.42 Å². The number of rotatable bonds is 5. The average molecular weight is 490 g/mol. The molecule has 1 spiro atoms. The molecule has 2 atom stereocenters. The zero-order valence-corrected chi connectivity index (χ0v) is 20.1. The van der Waals surface area contributed by atoms with E-state index in [0.29, 0.717) is 37.5 Å². The number of benzene rings is 1. The molecule has 1 N–H and O–H groups in total. The van der Waals surface area contributed by atoms with Crippen molar-refractivity contribution in [3.05, 3.63) is 28.2 Å². The highest BCUT2D eigenvalue weighted by molar-refractivity contribution is 7.89. The van der Waals surface area contributed by atoms with E-state index in [9.17, 15) is 13.2 Å². The van der Waals surface area contributed by atoms with E-state index in [4.69, 9.17) is 27.9 Å². The Kier molecular flexibility index (Phi) is 6.60. The van der Waals surface area contributed by atoms with Crippen molar-refractivity contribution in [1.29, 1.82) is 0 Å². The zero-order valence-electron chi connectivity index (χ0n) is 17.8. The minimum absolute atomic E-state index is 0.0477. The molecule has 4 rings (SSSR count). The number of halogens is 2. The maximum Gasteiger partial charge on any atom is 0.243 e. The molecule has 0 bridgehead atoms. The van der Waals surface area contributed by atoms with Gasteiger partial charge in [0, 0.05) is 26.2 Å². The molecule has 0 aromatic heterocycles. The Morgan fingerprint density at radius 2 is 1.94 bits per heavy atom. The van der Waals surface area contributed by atoms with E-state index >= 15 is 0 Å². The van der Waals surface area contributed by atoms with Crippen molar-refractivity contribution in [2.24, 2.45) is 5.92 Å². The second-order valence-electron chi connectivity index (χ2n) is 8.96. The van der Waals surface area contributed by atoms with Crippen LogP contribution >= 0.6 is 23.2 Å². The largest absolute Gasteiger partial charge is 0.376 e. The topological polar surface area (TPSA) is 79.0 Å². The van der Waals surface area contributed by atoms with Crippen molar-refractivity contribution in [3.63, 3.8) is 0 Å². The number of hydrogen-bond acceptors (Lipinski definition) is 5. The number of hydrogen-bond donors (Lipinski definition) is 1. The summed E-state index contributed by atoms with van der Waals surface area (Å²) < 4.78 is 33.6. The first-order chi connectivity index (χ1) is 14.6. The van der Waals surface area contributed by atoms with Gasteiger partial charge in [-0.2, -0.15) is 4.31 Å². The Labute approximate surface area is 194 Å². The molecule has 0 saturated carbocycles. The van der Waals surface area contributed by atoms with Crippen LogP contribution < -0.4 is 5.32 Å². The third-order valence-corrected chi connectivity index (χ3v) is 9.26. The second kappa shape index (κ2) is 8.80. The Bertz CT molecular complexity index is 942. The van der Waals surface area contributed by atoms with Crippen LogP contribution in [0.3, 0.4) is 0 Å². The summed E-state index contributed by atoms with van der Waals surface area (Å²) >= 11 is 12.0. The summed E-state index contributed by atoms with van der Waals surface area (Å²) in [5.74, 6) is 0.239. The molecule has 1 amide bonds. The molecule has 3 aliphatic rings. The van der Waals surface area contributed by atoms with Crippen LogP contribution in [0.4, 0.5) is 0 Å². The number of sulfonamides is 1. The van der Waals surface area contributed by atoms with Crippen molar-refractivity contribution in [1.82, 2.24) is 14.5 Å². The Hall–Kier alpha value is -0.900. The number of nitrogens with zero attached hydrogens (tertiary/aromatic N) is 2.